The van der Waals surface area contributed by atoms with Crippen molar-refractivity contribution in [2.45, 2.75) is 17.7 Å². The largest absolute Gasteiger partial charge is 0.375 e. The molecule has 0 unspecified atom stereocenters. The fraction of sp³-hybridized carbons (Fsp3) is 0.250. The van der Waals surface area contributed by atoms with Crippen LogP contribution in [-0.2, 0) is 16.6 Å². The molecule has 20 heavy (non-hydrogen) atoms. The SMILES string of the molecule is Cc1nc(N)sc1S(=O)(=O)N(C)Cc1cccc(F)c1. The van der Waals surface area contributed by atoms with Gasteiger partial charge in [0.15, 0.2) is 9.34 Å². The summed E-state index contributed by atoms with van der Waals surface area (Å²) in [6, 6.07) is 5.83. The first-order valence-electron chi connectivity index (χ1n) is 5.74. The Bertz CT molecular complexity index is 728. The normalized spacial score (nSPS) is 12.0. The Morgan fingerprint density at radius 1 is 1.45 bits per heavy atom. The zero-order valence-corrected chi connectivity index (χ0v) is 12.6. The Morgan fingerprint density at radius 2 is 2.15 bits per heavy atom. The third-order valence-electron chi connectivity index (χ3n) is 2.71. The van der Waals surface area contributed by atoms with Gasteiger partial charge in [-0.1, -0.05) is 23.5 Å². The summed E-state index contributed by atoms with van der Waals surface area (Å²) >= 11 is 0.926. The van der Waals surface area contributed by atoms with Gasteiger partial charge in [-0.15, -0.1) is 0 Å². The van der Waals surface area contributed by atoms with Crippen LogP contribution in [0.1, 0.15) is 11.3 Å². The van der Waals surface area contributed by atoms with E-state index in [4.69, 9.17) is 5.73 Å². The highest BCUT2D eigenvalue weighted by Crippen LogP contribution is 2.28. The number of rotatable bonds is 4. The molecule has 0 spiro atoms. The molecule has 0 bridgehead atoms. The first-order valence-corrected chi connectivity index (χ1v) is 8.00. The molecule has 1 aromatic heterocycles. The topological polar surface area (TPSA) is 76.3 Å². The zero-order chi connectivity index (χ0) is 14.9. The summed E-state index contributed by atoms with van der Waals surface area (Å²) in [5.74, 6) is -0.397. The maximum atomic E-state index is 13.1. The molecule has 0 saturated heterocycles. The second kappa shape index (κ2) is 5.47. The fourth-order valence-corrected chi connectivity index (χ4v) is 4.41. The van der Waals surface area contributed by atoms with Crippen LogP contribution in [0.4, 0.5) is 9.52 Å². The minimum absolute atomic E-state index is 0.0807. The average Bonchev–Trinajstić information content (AvgIpc) is 2.69. The number of nitrogen functional groups attached to an aromatic ring is 1. The van der Waals surface area contributed by atoms with Crippen molar-refractivity contribution < 1.29 is 12.8 Å². The van der Waals surface area contributed by atoms with Gasteiger partial charge in [-0.25, -0.2) is 17.8 Å². The molecule has 1 aromatic carbocycles. The molecule has 2 rings (SSSR count). The third kappa shape index (κ3) is 2.97. The van der Waals surface area contributed by atoms with Gasteiger partial charge in [-0.2, -0.15) is 4.31 Å². The minimum Gasteiger partial charge on any atom is -0.375 e. The van der Waals surface area contributed by atoms with Crippen molar-refractivity contribution in [2.75, 3.05) is 12.8 Å². The molecular weight excluding hydrogens is 301 g/mol. The van der Waals surface area contributed by atoms with Crippen LogP contribution in [0.25, 0.3) is 0 Å². The number of anilines is 1. The maximum absolute atomic E-state index is 13.1. The van der Waals surface area contributed by atoms with Crippen molar-refractivity contribution in [3.8, 4) is 0 Å². The molecule has 1 heterocycles. The molecular formula is C12H14FN3O2S2. The number of aromatic nitrogens is 1. The van der Waals surface area contributed by atoms with E-state index in [1.165, 1.54) is 19.2 Å². The van der Waals surface area contributed by atoms with Crippen LogP contribution in [-0.4, -0.2) is 24.8 Å². The molecule has 0 atom stereocenters. The lowest BCUT2D eigenvalue weighted by atomic mass is 10.2. The average molecular weight is 315 g/mol. The molecule has 0 fully saturated rings. The van der Waals surface area contributed by atoms with E-state index in [2.05, 4.69) is 4.98 Å². The van der Waals surface area contributed by atoms with Gasteiger partial charge in [0.05, 0.1) is 5.69 Å². The summed E-state index contributed by atoms with van der Waals surface area (Å²) < 4.78 is 39.2. The zero-order valence-electron chi connectivity index (χ0n) is 11.0. The number of hydrogen-bond acceptors (Lipinski definition) is 5. The number of sulfonamides is 1. The second-order valence-electron chi connectivity index (χ2n) is 4.32. The predicted octanol–water partition coefficient (Wildman–Crippen LogP) is 1.99. The second-order valence-corrected chi connectivity index (χ2v) is 7.59. The highest BCUT2D eigenvalue weighted by molar-refractivity contribution is 7.91. The Morgan fingerprint density at radius 3 is 2.70 bits per heavy atom. The Kier molecular flexibility index (Phi) is 4.07. The molecule has 0 saturated carbocycles. The number of hydrogen-bond donors (Lipinski definition) is 1. The van der Waals surface area contributed by atoms with Gasteiger partial charge in [-0.3, -0.25) is 0 Å². The summed E-state index contributed by atoms with van der Waals surface area (Å²) in [6.07, 6.45) is 0. The van der Waals surface area contributed by atoms with Crippen molar-refractivity contribution in [1.29, 1.82) is 0 Å². The summed E-state index contributed by atoms with van der Waals surface area (Å²) in [6.45, 7) is 1.67. The molecule has 2 aromatic rings. The van der Waals surface area contributed by atoms with Gasteiger partial charge < -0.3 is 5.73 Å². The Balaban J connectivity index is 2.28. The van der Waals surface area contributed by atoms with Gasteiger partial charge in [0.1, 0.15) is 5.82 Å². The van der Waals surface area contributed by atoms with Crippen LogP contribution >= 0.6 is 11.3 Å². The Labute approximate surface area is 120 Å². The van der Waals surface area contributed by atoms with E-state index in [1.54, 1.807) is 19.1 Å². The molecule has 8 heteroatoms. The first kappa shape index (κ1) is 14.9. The van der Waals surface area contributed by atoms with E-state index < -0.39 is 15.8 Å². The number of thiazole rings is 1. The van der Waals surface area contributed by atoms with Gasteiger partial charge in [0.25, 0.3) is 10.0 Å². The summed E-state index contributed by atoms with van der Waals surface area (Å²) in [4.78, 5) is 3.91. The lowest BCUT2D eigenvalue weighted by Gasteiger charge is -2.16. The quantitative estimate of drug-likeness (QED) is 0.936. The standard InChI is InChI=1S/C12H14FN3O2S2/c1-8-11(19-12(14)15-8)20(17,18)16(2)7-9-4-3-5-10(13)6-9/h3-6H,7H2,1-2H3,(H2,14,15). The third-order valence-corrected chi connectivity index (χ3v) is 6.09. The van der Waals surface area contributed by atoms with Crippen molar-refractivity contribution in [1.82, 2.24) is 9.29 Å². The number of aryl methyl sites for hydroxylation is 1. The fourth-order valence-electron chi connectivity index (χ4n) is 1.76. The van der Waals surface area contributed by atoms with Gasteiger partial charge in [0.2, 0.25) is 0 Å². The lowest BCUT2D eigenvalue weighted by Crippen LogP contribution is -2.26. The predicted molar refractivity (Wildman–Crippen MR) is 76.3 cm³/mol. The van der Waals surface area contributed by atoms with Crippen molar-refractivity contribution in [2.24, 2.45) is 0 Å². The summed E-state index contributed by atoms with van der Waals surface area (Å²) in [5.41, 5.74) is 6.47. The lowest BCUT2D eigenvalue weighted by molar-refractivity contribution is 0.466. The molecule has 108 valence electrons. The number of nitrogens with two attached hydrogens (primary N) is 1. The van der Waals surface area contributed by atoms with Crippen molar-refractivity contribution >= 4 is 26.5 Å². The Hall–Kier alpha value is -1.51. The van der Waals surface area contributed by atoms with E-state index in [1.807, 2.05) is 0 Å². The number of halogens is 1. The highest BCUT2D eigenvalue weighted by atomic mass is 32.2. The molecule has 0 amide bonds. The molecule has 2 N–H and O–H groups in total. The van der Waals surface area contributed by atoms with Crippen molar-refractivity contribution in [3.05, 3.63) is 41.3 Å². The highest BCUT2D eigenvalue weighted by Gasteiger charge is 2.26. The minimum atomic E-state index is -3.67. The summed E-state index contributed by atoms with van der Waals surface area (Å²) in [5, 5.41) is 0.209. The smallest absolute Gasteiger partial charge is 0.254 e. The van der Waals surface area contributed by atoms with E-state index >= 15 is 0 Å². The van der Waals surface area contributed by atoms with Crippen LogP contribution in [0.3, 0.4) is 0 Å². The van der Waals surface area contributed by atoms with Gasteiger partial charge in [-0.05, 0) is 24.6 Å². The van der Waals surface area contributed by atoms with E-state index in [0.29, 0.717) is 11.3 Å². The van der Waals surface area contributed by atoms with E-state index in [9.17, 15) is 12.8 Å². The van der Waals surface area contributed by atoms with Crippen LogP contribution < -0.4 is 5.73 Å². The van der Waals surface area contributed by atoms with Gasteiger partial charge in [0, 0.05) is 13.6 Å². The van der Waals surface area contributed by atoms with Crippen molar-refractivity contribution in [3.63, 3.8) is 0 Å². The maximum Gasteiger partial charge on any atom is 0.254 e. The van der Waals surface area contributed by atoms with Crippen LogP contribution in [0.15, 0.2) is 28.5 Å². The van der Waals surface area contributed by atoms with Crippen LogP contribution in [0.2, 0.25) is 0 Å². The summed E-state index contributed by atoms with van der Waals surface area (Å²) in [7, 11) is -2.23. The molecule has 0 aliphatic rings. The van der Waals surface area contributed by atoms with E-state index in [-0.39, 0.29) is 15.9 Å². The molecule has 0 radical (unpaired) electrons. The molecule has 5 nitrogen and oxygen atoms in total. The number of nitrogens with zero attached hydrogens (tertiary/aromatic N) is 2. The monoisotopic (exact) mass is 315 g/mol. The molecule has 0 aliphatic carbocycles. The van der Waals surface area contributed by atoms with Crippen LogP contribution in [0, 0.1) is 12.7 Å². The first-order chi connectivity index (χ1) is 9.30. The number of benzene rings is 1. The van der Waals surface area contributed by atoms with E-state index in [0.717, 1.165) is 15.6 Å². The van der Waals surface area contributed by atoms with Crippen LogP contribution in [0.5, 0.6) is 0 Å². The molecule has 0 aliphatic heterocycles. The van der Waals surface area contributed by atoms with Gasteiger partial charge >= 0.3 is 0 Å².